The minimum Gasteiger partial charge on any atom is -0.493 e. The van der Waals surface area contributed by atoms with E-state index in [9.17, 15) is 14.4 Å². The Kier molecular flexibility index (Phi) is 8.26. The van der Waals surface area contributed by atoms with Crippen LogP contribution in [0.15, 0.2) is 48.5 Å². The van der Waals surface area contributed by atoms with E-state index < -0.39 is 11.9 Å². The van der Waals surface area contributed by atoms with Gasteiger partial charge in [0.25, 0.3) is 11.8 Å². The lowest BCUT2D eigenvalue weighted by Gasteiger charge is -2.10. The van der Waals surface area contributed by atoms with Crippen molar-refractivity contribution in [2.45, 2.75) is 20.4 Å². The van der Waals surface area contributed by atoms with Crippen molar-refractivity contribution in [2.24, 2.45) is 0 Å². The number of hydrogen-bond acceptors (Lipinski definition) is 7. The third kappa shape index (κ3) is 5.55. The molecule has 8 nitrogen and oxygen atoms in total. The number of carbonyl (C=O) groups excluding carboxylic acids is 3. The summed E-state index contributed by atoms with van der Waals surface area (Å²) in [4.78, 5) is 38.9. The van der Waals surface area contributed by atoms with Gasteiger partial charge in [0.05, 0.1) is 31.3 Å². The molecule has 34 heavy (non-hydrogen) atoms. The van der Waals surface area contributed by atoms with Gasteiger partial charge in [0, 0.05) is 12.1 Å². The van der Waals surface area contributed by atoms with Gasteiger partial charge in [-0.3, -0.25) is 9.59 Å². The Morgan fingerprint density at radius 3 is 2.29 bits per heavy atom. The molecular formula is C25H26N2O6S. The van der Waals surface area contributed by atoms with E-state index in [0.717, 1.165) is 16.9 Å². The quantitative estimate of drug-likeness (QED) is 0.438. The summed E-state index contributed by atoms with van der Waals surface area (Å²) >= 11 is 1.02. The molecule has 0 unspecified atom stereocenters. The number of hydrogen-bond donors (Lipinski definition) is 2. The van der Waals surface area contributed by atoms with E-state index in [1.807, 2.05) is 30.3 Å². The normalized spacial score (nSPS) is 10.4. The molecule has 0 aliphatic heterocycles. The van der Waals surface area contributed by atoms with Gasteiger partial charge >= 0.3 is 5.97 Å². The minimum absolute atomic E-state index is 0.158. The Balaban J connectivity index is 1.89. The van der Waals surface area contributed by atoms with Crippen molar-refractivity contribution >= 4 is 34.1 Å². The van der Waals surface area contributed by atoms with Gasteiger partial charge in [-0.1, -0.05) is 30.3 Å². The number of benzene rings is 2. The Morgan fingerprint density at radius 1 is 0.941 bits per heavy atom. The molecule has 1 aromatic heterocycles. The van der Waals surface area contributed by atoms with Crippen LogP contribution in [0.1, 0.15) is 48.4 Å². The summed E-state index contributed by atoms with van der Waals surface area (Å²) < 4.78 is 15.6. The minimum atomic E-state index is -0.610. The first-order valence-electron chi connectivity index (χ1n) is 10.6. The Morgan fingerprint density at radius 2 is 1.65 bits per heavy atom. The summed E-state index contributed by atoms with van der Waals surface area (Å²) in [7, 11) is 2.98. The summed E-state index contributed by atoms with van der Waals surface area (Å²) in [5.41, 5.74) is 1.84. The SMILES string of the molecule is CCOC(=O)c1c(NC(=O)c2ccc(OC)c(OC)c2)sc(C(=O)NCc2ccccc2)c1C. The highest BCUT2D eigenvalue weighted by atomic mass is 32.1. The first kappa shape index (κ1) is 24.8. The van der Waals surface area contributed by atoms with Crippen LogP contribution in [0.2, 0.25) is 0 Å². The second kappa shape index (κ2) is 11.3. The third-order valence-corrected chi connectivity index (χ3v) is 6.21. The molecule has 2 aromatic carbocycles. The maximum Gasteiger partial charge on any atom is 0.341 e. The van der Waals surface area contributed by atoms with E-state index in [0.29, 0.717) is 34.0 Å². The van der Waals surface area contributed by atoms with Crippen molar-refractivity contribution in [3.05, 3.63) is 75.7 Å². The van der Waals surface area contributed by atoms with Crippen molar-refractivity contribution in [3.63, 3.8) is 0 Å². The van der Waals surface area contributed by atoms with Gasteiger partial charge in [-0.25, -0.2) is 4.79 Å². The standard InChI is InChI=1S/C25H26N2O6S/c1-5-33-25(30)20-15(2)21(23(29)26-14-16-9-7-6-8-10-16)34-24(20)27-22(28)17-11-12-18(31-3)19(13-17)32-4/h6-13H,5,14H2,1-4H3,(H,26,29)(H,27,28). The molecule has 0 aliphatic rings. The zero-order chi connectivity index (χ0) is 24.7. The van der Waals surface area contributed by atoms with Crippen LogP contribution in [0.4, 0.5) is 5.00 Å². The van der Waals surface area contributed by atoms with E-state index >= 15 is 0 Å². The zero-order valence-electron chi connectivity index (χ0n) is 19.4. The monoisotopic (exact) mass is 482 g/mol. The number of rotatable bonds is 9. The van der Waals surface area contributed by atoms with Gasteiger partial charge in [-0.05, 0) is 43.2 Å². The topological polar surface area (TPSA) is 103 Å². The highest BCUT2D eigenvalue weighted by Crippen LogP contribution is 2.35. The van der Waals surface area contributed by atoms with Crippen LogP contribution in [0, 0.1) is 6.92 Å². The van der Waals surface area contributed by atoms with Crippen molar-refractivity contribution in [1.82, 2.24) is 5.32 Å². The van der Waals surface area contributed by atoms with E-state index in [1.54, 1.807) is 26.0 Å². The van der Waals surface area contributed by atoms with Gasteiger partial charge in [0.2, 0.25) is 0 Å². The fraction of sp³-hybridized carbons (Fsp3) is 0.240. The largest absolute Gasteiger partial charge is 0.493 e. The highest BCUT2D eigenvalue weighted by Gasteiger charge is 2.27. The van der Waals surface area contributed by atoms with Crippen LogP contribution >= 0.6 is 11.3 Å². The molecule has 0 atom stereocenters. The third-order valence-electron chi connectivity index (χ3n) is 5.00. The van der Waals surface area contributed by atoms with Crippen LogP contribution in [-0.4, -0.2) is 38.6 Å². The highest BCUT2D eigenvalue weighted by molar-refractivity contribution is 7.18. The molecule has 0 spiro atoms. The molecule has 0 fully saturated rings. The summed E-state index contributed by atoms with van der Waals surface area (Å²) in [5, 5.41) is 5.84. The molecule has 2 amide bonds. The van der Waals surface area contributed by atoms with Gasteiger partial charge in [0.15, 0.2) is 11.5 Å². The maximum absolute atomic E-state index is 13.0. The van der Waals surface area contributed by atoms with E-state index in [-0.39, 0.29) is 23.1 Å². The zero-order valence-corrected chi connectivity index (χ0v) is 20.2. The first-order valence-corrected chi connectivity index (χ1v) is 11.4. The summed E-state index contributed by atoms with van der Waals surface area (Å²) in [6.45, 7) is 3.84. The molecule has 9 heteroatoms. The van der Waals surface area contributed by atoms with Gasteiger partial charge in [-0.2, -0.15) is 0 Å². The molecule has 0 aliphatic carbocycles. The number of anilines is 1. The van der Waals surface area contributed by atoms with Crippen LogP contribution in [0.25, 0.3) is 0 Å². The fourth-order valence-corrected chi connectivity index (χ4v) is 4.38. The number of thiophene rings is 1. The van der Waals surface area contributed by atoms with Gasteiger partial charge < -0.3 is 24.8 Å². The summed E-state index contributed by atoms with van der Waals surface area (Å²) in [6.07, 6.45) is 0. The molecule has 178 valence electrons. The van der Waals surface area contributed by atoms with Crippen LogP contribution in [0.3, 0.4) is 0 Å². The average Bonchev–Trinajstić information content (AvgIpc) is 3.18. The van der Waals surface area contributed by atoms with Crippen LogP contribution in [0.5, 0.6) is 11.5 Å². The molecule has 0 saturated heterocycles. The number of carbonyl (C=O) groups is 3. The lowest BCUT2D eigenvalue weighted by atomic mass is 10.1. The smallest absolute Gasteiger partial charge is 0.341 e. The Bertz CT molecular complexity index is 1190. The van der Waals surface area contributed by atoms with Crippen molar-refractivity contribution in [2.75, 3.05) is 26.1 Å². The van der Waals surface area contributed by atoms with Crippen molar-refractivity contribution in [3.8, 4) is 11.5 Å². The number of amides is 2. The molecule has 2 N–H and O–H groups in total. The van der Waals surface area contributed by atoms with E-state index in [4.69, 9.17) is 14.2 Å². The second-order valence-electron chi connectivity index (χ2n) is 7.17. The Labute approximate surface area is 201 Å². The molecule has 3 rings (SSSR count). The number of methoxy groups -OCH3 is 2. The van der Waals surface area contributed by atoms with Crippen molar-refractivity contribution in [1.29, 1.82) is 0 Å². The van der Waals surface area contributed by atoms with E-state index in [2.05, 4.69) is 10.6 Å². The van der Waals surface area contributed by atoms with Crippen LogP contribution < -0.4 is 20.1 Å². The van der Waals surface area contributed by atoms with E-state index in [1.165, 1.54) is 20.3 Å². The lowest BCUT2D eigenvalue weighted by Crippen LogP contribution is -2.22. The predicted molar refractivity (Wildman–Crippen MR) is 130 cm³/mol. The number of esters is 1. The Hall–Kier alpha value is -3.85. The average molecular weight is 483 g/mol. The molecular weight excluding hydrogens is 456 g/mol. The molecule has 1 heterocycles. The number of nitrogens with one attached hydrogen (secondary N) is 2. The maximum atomic E-state index is 13.0. The fourth-order valence-electron chi connectivity index (χ4n) is 3.28. The summed E-state index contributed by atoms with van der Waals surface area (Å²) in [5.74, 6) is -0.548. The number of ether oxygens (including phenoxy) is 3. The predicted octanol–water partition coefficient (Wildman–Crippen LogP) is 4.43. The lowest BCUT2D eigenvalue weighted by molar-refractivity contribution is 0.0527. The first-order chi connectivity index (χ1) is 16.4. The summed E-state index contributed by atoms with van der Waals surface area (Å²) in [6, 6.07) is 14.2. The molecule has 0 bridgehead atoms. The van der Waals surface area contributed by atoms with Gasteiger partial charge in [-0.15, -0.1) is 11.3 Å². The molecule has 0 saturated carbocycles. The van der Waals surface area contributed by atoms with Crippen molar-refractivity contribution < 1.29 is 28.6 Å². The van der Waals surface area contributed by atoms with Gasteiger partial charge in [0.1, 0.15) is 5.00 Å². The molecule has 0 radical (unpaired) electrons. The molecule has 3 aromatic rings. The second-order valence-corrected chi connectivity index (χ2v) is 8.19. The van der Waals surface area contributed by atoms with Crippen LogP contribution in [-0.2, 0) is 11.3 Å².